The lowest BCUT2D eigenvalue weighted by Gasteiger charge is -2.34. The number of fused-ring (bicyclic) bond motifs is 2. The Morgan fingerprint density at radius 1 is 0.575 bits per heavy atom. The number of pyridine rings is 4. The molecule has 2 aliphatic rings. The molecule has 87 heavy (non-hydrogen) atoms. The first-order valence-corrected chi connectivity index (χ1v) is 27.9. The van der Waals surface area contributed by atoms with Crippen LogP contribution in [-0.4, -0.2) is 148 Å². The molecule has 0 spiro atoms. The highest BCUT2D eigenvalue weighted by molar-refractivity contribution is 6.58. The van der Waals surface area contributed by atoms with Gasteiger partial charge in [0, 0.05) is 97.5 Å². The van der Waals surface area contributed by atoms with E-state index in [1.165, 1.54) is 75.2 Å². The second-order valence-electron chi connectivity index (χ2n) is 20.6. The highest BCUT2D eigenvalue weighted by Gasteiger charge is 2.55. The van der Waals surface area contributed by atoms with E-state index in [0.29, 0.717) is 85.3 Å². The number of hydrogen-bond acceptors (Lipinski definition) is 15. The van der Waals surface area contributed by atoms with Gasteiger partial charge in [-0.3, -0.25) is 39.1 Å². The predicted octanol–water partition coefficient (Wildman–Crippen LogP) is 7.73. The van der Waals surface area contributed by atoms with Crippen LogP contribution in [0.15, 0.2) is 133 Å². The van der Waals surface area contributed by atoms with Crippen molar-refractivity contribution in [2.24, 2.45) is 0 Å². The van der Waals surface area contributed by atoms with E-state index in [1.54, 1.807) is 98.8 Å². The van der Waals surface area contributed by atoms with Gasteiger partial charge < -0.3 is 71.6 Å². The zero-order chi connectivity index (χ0) is 61.9. The summed E-state index contributed by atoms with van der Waals surface area (Å²) < 4.78 is 67.7. The van der Waals surface area contributed by atoms with Crippen LogP contribution >= 0.6 is 0 Å². The summed E-state index contributed by atoms with van der Waals surface area (Å²) in [6.07, 6.45) is 7.88. The smallest absolute Gasteiger partial charge is 0.506 e. The fraction of sp³-hybridized carbons (Fsp3) is 0.286. The Morgan fingerprint density at radius 3 is 1.40 bits per heavy atom. The molecule has 0 fully saturated rings. The number of hydrogen-bond donors (Lipinski definition) is 3. The maximum atomic E-state index is 16.1. The molecule has 0 unspecified atom stereocenters. The van der Waals surface area contributed by atoms with Gasteiger partial charge >= 0.3 is 6.97 Å². The third kappa shape index (κ3) is 14.0. The number of carbonyl (C=O) groups is 4. The molecule has 0 saturated carbocycles. The van der Waals surface area contributed by atoms with Crippen LogP contribution in [0.1, 0.15) is 101 Å². The number of amides is 4. The maximum absolute atomic E-state index is 16.1. The molecule has 4 amide bonds. The number of nitrogens with one attached hydrogen (secondary N) is 2. The predicted molar refractivity (Wildman–Crippen MR) is 319 cm³/mol. The summed E-state index contributed by atoms with van der Waals surface area (Å²) in [6, 6.07) is 24.3. The second kappa shape index (κ2) is 27.5. The molecule has 2 aliphatic heterocycles. The molecule has 5 aromatic heterocycles. The average molecular weight is 1190 g/mol. The van der Waals surface area contributed by atoms with Gasteiger partial charge in [-0.2, -0.15) is 0 Å². The number of halogens is 2. The molecule has 7 heterocycles. The highest BCUT2D eigenvalue weighted by Crippen LogP contribution is 2.44. The lowest BCUT2D eigenvalue weighted by Crippen LogP contribution is -2.51. The summed E-state index contributed by atoms with van der Waals surface area (Å²) in [5.74, 6) is -1.33. The minimum Gasteiger partial charge on any atom is -0.506 e. The minimum absolute atomic E-state index is 0.00407. The van der Waals surface area contributed by atoms with E-state index in [0.717, 1.165) is 20.1 Å². The van der Waals surface area contributed by atoms with Crippen LogP contribution in [0, 0.1) is 13.8 Å². The van der Waals surface area contributed by atoms with E-state index in [2.05, 4.69) is 30.6 Å². The molecule has 21 nitrogen and oxygen atoms in total. The molecule has 0 aliphatic carbocycles. The first-order valence-electron chi connectivity index (χ1n) is 27.9. The van der Waals surface area contributed by atoms with Crippen molar-refractivity contribution in [2.45, 2.75) is 53.9 Å². The van der Waals surface area contributed by atoms with Crippen molar-refractivity contribution in [3.8, 4) is 28.7 Å². The van der Waals surface area contributed by atoms with E-state index >= 15 is 18.2 Å². The van der Waals surface area contributed by atoms with Gasteiger partial charge in [0.1, 0.15) is 34.5 Å². The molecular formula is C63H67BF2N10O11. The van der Waals surface area contributed by atoms with Crippen molar-refractivity contribution in [3.63, 3.8) is 0 Å². The summed E-state index contributed by atoms with van der Waals surface area (Å²) in [6.45, 7) is 3.14. The van der Waals surface area contributed by atoms with E-state index in [9.17, 15) is 14.7 Å². The standard InChI is InChI=1S/C63H67BF2N10O11/c1-39-27-41(3)75-57(39)56(58-40(2)28-42(4)76(58)64(75,65)66)43-9-11-44(12-10-43)60(78)71-21-23-86-25-26-87-24-22-72-61(79)45-29-54(62(80)73(35-46-31-50(82-5)13-17-67-46)36-47-32-51(83-6)14-18-68-47)59(77)55(30-45)63(81)74(37-48-33-52(84-7)15-19-69-48)38-49-34-53(85-8)16-20-70-49/h9-20,27-34,77H,21-26,35-38H2,1-8H3,(H,71,78)(H,72,79). The molecule has 7 aromatic rings. The maximum Gasteiger partial charge on any atom is 0.737 e. The van der Waals surface area contributed by atoms with Crippen molar-refractivity contribution in [1.82, 2.24) is 44.8 Å². The Hall–Kier alpha value is -9.81. The lowest BCUT2D eigenvalue weighted by atomic mass is 9.83. The summed E-state index contributed by atoms with van der Waals surface area (Å²) >= 11 is 0. The summed E-state index contributed by atoms with van der Waals surface area (Å²) in [4.78, 5) is 78.1. The van der Waals surface area contributed by atoms with Gasteiger partial charge in [-0.1, -0.05) is 12.1 Å². The number of phenolic OH excluding ortho intramolecular Hbond substituents is 1. The van der Waals surface area contributed by atoms with Crippen LogP contribution in [0.4, 0.5) is 8.63 Å². The average Bonchev–Trinajstić information content (AvgIpc) is 1.62. The first kappa shape index (κ1) is 61.7. The SMILES string of the molecule is COc1ccnc(CN(Cc2cc(OC)ccn2)C(=O)c2cc(C(=O)NCCOCCOCCNC(=O)c3ccc(C4=C5C(C)=CC(C)=[N+]5[B-](F)(F)n5c(C)cc(C)c54)cc3)cc(C(=O)N(Cc3cc(OC)ccn3)Cc3cc(OC)ccn3)c2O)c1. The molecule has 3 N–H and O–H groups in total. The van der Waals surface area contributed by atoms with Crippen LogP contribution in [-0.2, 0) is 35.7 Å². The number of methoxy groups -OCH3 is 4. The van der Waals surface area contributed by atoms with Crippen LogP contribution in [0.3, 0.4) is 0 Å². The summed E-state index contributed by atoms with van der Waals surface area (Å²) in [5, 5.41) is 17.9. The summed E-state index contributed by atoms with van der Waals surface area (Å²) in [5.41, 5.74) is 5.92. The monoisotopic (exact) mass is 1190 g/mol. The van der Waals surface area contributed by atoms with Gasteiger partial charge in [-0.05, 0) is 92.2 Å². The van der Waals surface area contributed by atoms with Crippen LogP contribution < -0.4 is 29.6 Å². The number of benzene rings is 2. The van der Waals surface area contributed by atoms with Crippen LogP contribution in [0.25, 0.3) is 5.57 Å². The van der Waals surface area contributed by atoms with E-state index < -0.39 is 30.4 Å². The molecule has 9 rings (SSSR count). The van der Waals surface area contributed by atoms with Gasteiger partial charge in [0.2, 0.25) is 0 Å². The van der Waals surface area contributed by atoms with Crippen molar-refractivity contribution in [1.29, 1.82) is 0 Å². The molecule has 0 radical (unpaired) electrons. The van der Waals surface area contributed by atoms with Gasteiger partial charge in [-0.15, -0.1) is 0 Å². The Morgan fingerprint density at radius 2 is 0.989 bits per heavy atom. The number of nitrogens with zero attached hydrogens (tertiary/aromatic N) is 8. The number of aromatic nitrogens is 5. The molecule has 24 heteroatoms. The fourth-order valence-corrected chi connectivity index (χ4v) is 10.7. The number of phenols is 1. The van der Waals surface area contributed by atoms with Crippen LogP contribution in [0.2, 0.25) is 0 Å². The molecule has 0 bridgehead atoms. The van der Waals surface area contributed by atoms with E-state index in [4.69, 9.17) is 28.4 Å². The summed E-state index contributed by atoms with van der Waals surface area (Å²) in [7, 11) is 6.00. The van der Waals surface area contributed by atoms with E-state index in [1.807, 2.05) is 13.8 Å². The Kier molecular flexibility index (Phi) is 19.5. The quantitative estimate of drug-likeness (QED) is 0.0348. The highest BCUT2D eigenvalue weighted by atomic mass is 19.2. The zero-order valence-electron chi connectivity index (χ0n) is 49.6. The molecule has 0 atom stereocenters. The number of aryl methyl sites for hydroxylation is 2. The number of carbonyl (C=O) groups excluding carboxylic acids is 4. The Balaban J connectivity index is 0.863. The van der Waals surface area contributed by atoms with Gasteiger partial charge in [0.15, 0.2) is 5.70 Å². The van der Waals surface area contributed by atoms with Crippen molar-refractivity contribution in [3.05, 3.63) is 201 Å². The number of allylic oxidation sites excluding steroid dienone is 2. The number of rotatable bonds is 26. The van der Waals surface area contributed by atoms with Crippen molar-refractivity contribution in [2.75, 3.05) is 68.0 Å². The minimum atomic E-state index is -4.12. The number of aromatic hydroxyl groups is 1. The van der Waals surface area contributed by atoms with Gasteiger partial charge in [0.25, 0.3) is 23.6 Å². The molecule has 2 aromatic carbocycles. The van der Waals surface area contributed by atoms with Crippen molar-refractivity contribution < 1.29 is 65.8 Å². The third-order valence-electron chi connectivity index (χ3n) is 14.7. The Bertz CT molecular complexity index is 3600. The normalized spacial score (nSPS) is 13.1. The second-order valence-corrected chi connectivity index (χ2v) is 20.6. The fourth-order valence-electron chi connectivity index (χ4n) is 10.7. The Labute approximate surface area is 502 Å². The van der Waals surface area contributed by atoms with E-state index in [-0.39, 0.29) is 88.3 Å². The van der Waals surface area contributed by atoms with Gasteiger partial charge in [-0.25, -0.2) is 0 Å². The van der Waals surface area contributed by atoms with Crippen LogP contribution in [0.5, 0.6) is 28.7 Å². The first-order chi connectivity index (χ1) is 41.9. The largest absolute Gasteiger partial charge is 0.737 e. The molecular weight excluding hydrogens is 1120 g/mol. The number of ether oxygens (including phenoxy) is 6. The zero-order valence-corrected chi connectivity index (χ0v) is 49.6. The molecule has 452 valence electrons. The third-order valence-corrected chi connectivity index (χ3v) is 14.7. The van der Waals surface area contributed by atoms with Gasteiger partial charge in [0.05, 0.1) is 121 Å². The topological polar surface area (TPSA) is 234 Å². The van der Waals surface area contributed by atoms with Crippen molar-refractivity contribution >= 4 is 41.9 Å². The molecule has 0 saturated heterocycles. The lowest BCUT2D eigenvalue weighted by molar-refractivity contribution is -0.363.